The van der Waals surface area contributed by atoms with Gasteiger partial charge in [-0.25, -0.2) is 9.59 Å². The highest BCUT2D eigenvalue weighted by Crippen LogP contribution is 2.35. The molecule has 4 rings (SSSR count). The number of hydrogen-bond acceptors (Lipinski definition) is 11. The quantitative estimate of drug-likeness (QED) is 0.317. The lowest BCUT2D eigenvalue weighted by molar-refractivity contribution is -0.145. The van der Waals surface area contributed by atoms with Gasteiger partial charge in [0.2, 0.25) is 0 Å². The molecule has 13 nitrogen and oxygen atoms in total. The Bertz CT molecular complexity index is 1560. The van der Waals surface area contributed by atoms with E-state index < -0.39 is 17.5 Å². The topological polar surface area (TPSA) is 154 Å². The lowest BCUT2D eigenvalue weighted by Gasteiger charge is -2.34. The number of methoxy groups -OCH3 is 1. The van der Waals surface area contributed by atoms with Gasteiger partial charge >= 0.3 is 12.1 Å². The second kappa shape index (κ2) is 14.5. The Kier molecular flexibility index (Phi) is 10.5. The van der Waals surface area contributed by atoms with Crippen molar-refractivity contribution in [2.75, 3.05) is 59.7 Å². The van der Waals surface area contributed by atoms with Crippen LogP contribution in [0.4, 0.5) is 4.79 Å². The summed E-state index contributed by atoms with van der Waals surface area (Å²) in [4.78, 5) is 52.8. The molecular formula is C31H36N2O11. The van der Waals surface area contributed by atoms with E-state index >= 15 is 0 Å². The van der Waals surface area contributed by atoms with Gasteiger partial charge in [-0.05, 0) is 31.0 Å². The summed E-state index contributed by atoms with van der Waals surface area (Å²) in [5.74, 6) is -0.138. The largest absolute Gasteiger partial charge is 0.507 e. The minimum absolute atomic E-state index is 0.0354. The molecule has 1 fully saturated rings. The fraction of sp³-hybridized carbons (Fsp3) is 0.419. The van der Waals surface area contributed by atoms with E-state index in [0.717, 1.165) is 0 Å². The molecule has 0 atom stereocenters. The maximum absolute atomic E-state index is 12.9. The van der Waals surface area contributed by atoms with E-state index in [0.29, 0.717) is 44.1 Å². The minimum Gasteiger partial charge on any atom is -0.507 e. The molecule has 2 aromatic carbocycles. The number of fused-ring (bicyclic) bond motifs is 1. The molecule has 1 aliphatic heterocycles. The number of ether oxygens (including phenoxy) is 5. The number of phenolic OH excluding ortho intramolecular Hbond substituents is 1. The molecule has 0 radical (unpaired) electrons. The molecule has 1 aliphatic rings. The van der Waals surface area contributed by atoms with Crippen molar-refractivity contribution in [2.45, 2.75) is 20.8 Å². The lowest BCUT2D eigenvalue weighted by Crippen LogP contribution is -2.51. The Labute approximate surface area is 253 Å². The molecule has 0 aliphatic carbocycles. The highest BCUT2D eigenvalue weighted by Gasteiger charge is 2.25. The van der Waals surface area contributed by atoms with Gasteiger partial charge < -0.3 is 43.0 Å². The number of benzene rings is 2. The summed E-state index contributed by atoms with van der Waals surface area (Å²) in [6, 6.07) is 8.66. The van der Waals surface area contributed by atoms with Crippen LogP contribution in [-0.2, 0) is 19.1 Å². The molecule has 0 spiro atoms. The molecule has 0 saturated carbocycles. The molecule has 0 unspecified atom stereocenters. The zero-order valence-corrected chi connectivity index (χ0v) is 25.1. The van der Waals surface area contributed by atoms with Crippen molar-refractivity contribution in [2.24, 2.45) is 5.92 Å². The van der Waals surface area contributed by atoms with Crippen LogP contribution in [0.2, 0.25) is 0 Å². The van der Waals surface area contributed by atoms with Gasteiger partial charge in [0, 0.05) is 49.9 Å². The van der Waals surface area contributed by atoms with E-state index in [1.54, 1.807) is 34.9 Å². The maximum Gasteiger partial charge on any atom is 0.409 e. The van der Waals surface area contributed by atoms with E-state index in [9.17, 15) is 24.3 Å². The van der Waals surface area contributed by atoms with Crippen molar-refractivity contribution in [3.8, 4) is 34.3 Å². The van der Waals surface area contributed by atoms with Crippen LogP contribution in [0.3, 0.4) is 0 Å². The molecule has 1 saturated heterocycles. The molecule has 44 heavy (non-hydrogen) atoms. The van der Waals surface area contributed by atoms with Crippen molar-refractivity contribution in [3.05, 3.63) is 46.6 Å². The molecule has 1 aromatic heterocycles. The maximum atomic E-state index is 12.9. The standard InChI is InChI=1S/C31H36N2O11/c1-5-40-29(37)18-42-26-12-20(6-7-24(26)39-4)25-15-23(35)30-22(34)13-21(14-27(30)44-25)41-17-28(36)32-8-10-33(11-9-32)31(38)43-16-19(2)3/h6-7,12-15,19,34H,5,8-11,16-18H2,1-4H3. The molecule has 1 N–H and O–H groups in total. The molecule has 0 bridgehead atoms. The number of esters is 1. The van der Waals surface area contributed by atoms with Crippen LogP contribution in [0.25, 0.3) is 22.3 Å². The highest BCUT2D eigenvalue weighted by atomic mass is 16.6. The van der Waals surface area contributed by atoms with Crippen LogP contribution in [-0.4, -0.2) is 92.6 Å². The number of carbonyl (C=O) groups excluding carboxylic acids is 3. The minimum atomic E-state index is -0.553. The van der Waals surface area contributed by atoms with Crippen LogP contribution in [0.5, 0.6) is 23.0 Å². The predicted octanol–water partition coefficient (Wildman–Crippen LogP) is 3.43. The lowest BCUT2D eigenvalue weighted by atomic mass is 10.1. The monoisotopic (exact) mass is 612 g/mol. The van der Waals surface area contributed by atoms with Crippen molar-refractivity contribution in [3.63, 3.8) is 0 Å². The van der Waals surface area contributed by atoms with Crippen LogP contribution in [0.1, 0.15) is 20.8 Å². The van der Waals surface area contributed by atoms with Gasteiger partial charge in [0.05, 0.1) is 20.3 Å². The third-order valence-corrected chi connectivity index (χ3v) is 6.68. The van der Waals surface area contributed by atoms with Crippen LogP contribution >= 0.6 is 0 Å². The van der Waals surface area contributed by atoms with Crippen molar-refractivity contribution >= 4 is 28.9 Å². The predicted molar refractivity (Wildman–Crippen MR) is 158 cm³/mol. The average molecular weight is 613 g/mol. The Morgan fingerprint density at radius 3 is 2.34 bits per heavy atom. The van der Waals surface area contributed by atoms with Gasteiger partial charge in [-0.2, -0.15) is 0 Å². The van der Waals surface area contributed by atoms with Crippen LogP contribution in [0.15, 0.2) is 45.6 Å². The fourth-order valence-corrected chi connectivity index (χ4v) is 4.46. The number of aromatic hydroxyl groups is 1. The summed E-state index contributed by atoms with van der Waals surface area (Å²) in [6.45, 7) is 6.80. The zero-order valence-electron chi connectivity index (χ0n) is 25.1. The average Bonchev–Trinajstić information content (AvgIpc) is 3.01. The van der Waals surface area contributed by atoms with E-state index in [2.05, 4.69) is 0 Å². The van der Waals surface area contributed by atoms with Crippen LogP contribution < -0.4 is 19.6 Å². The van der Waals surface area contributed by atoms with Gasteiger partial charge in [0.1, 0.15) is 28.2 Å². The molecule has 2 amide bonds. The van der Waals surface area contributed by atoms with Gasteiger partial charge in [-0.1, -0.05) is 13.8 Å². The van der Waals surface area contributed by atoms with E-state index in [4.69, 9.17) is 28.1 Å². The number of rotatable bonds is 11. The molecule has 3 aromatic rings. The SMILES string of the molecule is CCOC(=O)COc1cc(-c2cc(=O)c3c(O)cc(OCC(=O)N4CCN(C(=O)OCC(C)C)CC4)cc3o2)ccc1OC. The Morgan fingerprint density at radius 1 is 0.932 bits per heavy atom. The molecular weight excluding hydrogens is 576 g/mol. The number of piperazine rings is 1. The Balaban J connectivity index is 1.46. The normalized spacial score (nSPS) is 13.1. The third-order valence-electron chi connectivity index (χ3n) is 6.68. The number of hydrogen-bond donors (Lipinski definition) is 1. The van der Waals surface area contributed by atoms with E-state index in [1.165, 1.54) is 25.3 Å². The Hall–Kier alpha value is -4.94. The van der Waals surface area contributed by atoms with Gasteiger partial charge in [-0.3, -0.25) is 9.59 Å². The smallest absolute Gasteiger partial charge is 0.409 e. The number of nitrogens with zero attached hydrogens (tertiary/aromatic N) is 2. The van der Waals surface area contributed by atoms with Crippen LogP contribution in [0, 0.1) is 5.92 Å². The van der Waals surface area contributed by atoms with Crippen molar-refractivity contribution in [1.29, 1.82) is 0 Å². The third kappa shape index (κ3) is 7.91. The first kappa shape index (κ1) is 32.0. The zero-order chi connectivity index (χ0) is 31.8. The van der Waals surface area contributed by atoms with Crippen molar-refractivity contribution in [1.82, 2.24) is 9.80 Å². The van der Waals surface area contributed by atoms with Gasteiger partial charge in [-0.15, -0.1) is 0 Å². The fourth-order valence-electron chi connectivity index (χ4n) is 4.46. The molecule has 236 valence electrons. The summed E-state index contributed by atoms with van der Waals surface area (Å²) in [7, 11) is 1.45. The first-order valence-electron chi connectivity index (χ1n) is 14.2. The first-order valence-corrected chi connectivity index (χ1v) is 14.2. The number of phenols is 1. The summed E-state index contributed by atoms with van der Waals surface area (Å²) >= 11 is 0. The summed E-state index contributed by atoms with van der Waals surface area (Å²) < 4.78 is 32.6. The first-order chi connectivity index (χ1) is 21.1. The van der Waals surface area contributed by atoms with Gasteiger partial charge in [0.15, 0.2) is 30.1 Å². The van der Waals surface area contributed by atoms with Gasteiger partial charge in [0.25, 0.3) is 5.91 Å². The highest BCUT2D eigenvalue weighted by molar-refractivity contribution is 5.86. The Morgan fingerprint density at radius 2 is 1.66 bits per heavy atom. The van der Waals surface area contributed by atoms with Crippen molar-refractivity contribution < 1.29 is 47.6 Å². The summed E-state index contributed by atoms with van der Waals surface area (Å²) in [5.41, 5.74) is -0.0267. The summed E-state index contributed by atoms with van der Waals surface area (Å²) in [6.07, 6.45) is -0.399. The summed E-state index contributed by atoms with van der Waals surface area (Å²) in [5, 5.41) is 10.5. The molecule has 2 heterocycles. The number of carbonyl (C=O) groups is 3. The van der Waals surface area contributed by atoms with E-state index in [-0.39, 0.29) is 65.6 Å². The number of amides is 2. The molecule has 13 heteroatoms. The second-order valence-corrected chi connectivity index (χ2v) is 10.4. The van der Waals surface area contributed by atoms with E-state index in [1.807, 2.05) is 13.8 Å². The second-order valence-electron chi connectivity index (χ2n) is 10.4.